The highest BCUT2D eigenvalue weighted by molar-refractivity contribution is 9.10. The van der Waals surface area contributed by atoms with E-state index in [9.17, 15) is 0 Å². The molecule has 3 nitrogen and oxygen atoms in total. The predicted molar refractivity (Wildman–Crippen MR) is 80.6 cm³/mol. The average molecular weight is 321 g/mol. The summed E-state index contributed by atoms with van der Waals surface area (Å²) in [6.45, 7) is 5.89. The van der Waals surface area contributed by atoms with Crippen molar-refractivity contribution in [1.82, 2.24) is 10.3 Å². The zero-order chi connectivity index (χ0) is 13.7. The molecule has 2 rings (SSSR count). The van der Waals surface area contributed by atoms with Gasteiger partial charge in [0.25, 0.3) is 0 Å². The second-order valence-corrected chi connectivity index (χ2v) is 5.21. The van der Waals surface area contributed by atoms with Crippen molar-refractivity contribution in [3.05, 3.63) is 52.1 Å². The number of nitrogens with one attached hydrogen (secondary N) is 1. The van der Waals surface area contributed by atoms with Crippen molar-refractivity contribution in [2.24, 2.45) is 0 Å². The van der Waals surface area contributed by atoms with Crippen molar-refractivity contribution in [3.8, 4) is 11.6 Å². The molecule has 1 aromatic carbocycles. The number of hydrogen-bond acceptors (Lipinski definition) is 3. The Labute approximate surface area is 122 Å². The van der Waals surface area contributed by atoms with Gasteiger partial charge in [0.2, 0.25) is 5.88 Å². The smallest absolute Gasteiger partial charge is 0.219 e. The van der Waals surface area contributed by atoms with E-state index in [4.69, 9.17) is 4.74 Å². The lowest BCUT2D eigenvalue weighted by Crippen LogP contribution is -2.11. The molecule has 19 heavy (non-hydrogen) atoms. The van der Waals surface area contributed by atoms with Crippen LogP contribution in [0, 0.1) is 6.92 Å². The van der Waals surface area contributed by atoms with E-state index in [1.165, 1.54) is 0 Å². The van der Waals surface area contributed by atoms with Crippen LogP contribution in [0.25, 0.3) is 0 Å². The first-order valence-corrected chi connectivity index (χ1v) is 7.08. The Morgan fingerprint density at radius 3 is 2.79 bits per heavy atom. The van der Waals surface area contributed by atoms with Gasteiger partial charge in [-0.1, -0.05) is 35.0 Å². The Bertz CT molecular complexity index is 540. The van der Waals surface area contributed by atoms with Crippen molar-refractivity contribution in [2.75, 3.05) is 6.54 Å². The molecule has 0 saturated carbocycles. The van der Waals surface area contributed by atoms with E-state index in [2.05, 4.69) is 33.2 Å². The van der Waals surface area contributed by atoms with Gasteiger partial charge in [-0.3, -0.25) is 0 Å². The summed E-state index contributed by atoms with van der Waals surface area (Å²) >= 11 is 3.44. The number of nitrogens with zero attached hydrogens (tertiary/aromatic N) is 1. The van der Waals surface area contributed by atoms with Crippen LogP contribution >= 0.6 is 15.9 Å². The van der Waals surface area contributed by atoms with Crippen molar-refractivity contribution in [2.45, 2.75) is 20.4 Å². The summed E-state index contributed by atoms with van der Waals surface area (Å²) in [5.74, 6) is 1.43. The summed E-state index contributed by atoms with van der Waals surface area (Å²) in [6, 6.07) is 9.88. The largest absolute Gasteiger partial charge is 0.439 e. The molecule has 2 aromatic rings. The molecule has 0 radical (unpaired) electrons. The summed E-state index contributed by atoms with van der Waals surface area (Å²) in [4.78, 5) is 4.32. The zero-order valence-corrected chi connectivity index (χ0v) is 12.7. The molecular weight excluding hydrogens is 304 g/mol. The number of benzene rings is 1. The lowest BCUT2D eigenvalue weighted by molar-refractivity contribution is 0.458. The summed E-state index contributed by atoms with van der Waals surface area (Å²) in [7, 11) is 0. The molecule has 1 N–H and O–H groups in total. The normalized spacial score (nSPS) is 10.5. The van der Waals surface area contributed by atoms with Gasteiger partial charge in [0.05, 0.1) is 0 Å². The number of aryl methyl sites for hydroxylation is 1. The van der Waals surface area contributed by atoms with Gasteiger partial charge in [0, 0.05) is 23.3 Å². The first kappa shape index (κ1) is 14.0. The number of ether oxygens (including phenoxy) is 1. The molecule has 0 atom stereocenters. The number of pyridine rings is 1. The predicted octanol–water partition coefficient (Wildman–Crippen LogP) is 4.05. The molecule has 0 saturated heterocycles. The molecule has 0 unspecified atom stereocenters. The number of rotatable bonds is 5. The Morgan fingerprint density at radius 1 is 1.26 bits per heavy atom. The number of aromatic nitrogens is 1. The molecule has 100 valence electrons. The molecule has 0 spiro atoms. The maximum atomic E-state index is 5.79. The summed E-state index contributed by atoms with van der Waals surface area (Å²) in [5.41, 5.74) is 2.24. The maximum Gasteiger partial charge on any atom is 0.219 e. The van der Waals surface area contributed by atoms with Crippen molar-refractivity contribution in [3.63, 3.8) is 0 Å². The lowest BCUT2D eigenvalue weighted by atomic mass is 10.2. The molecule has 0 aliphatic carbocycles. The summed E-state index contributed by atoms with van der Waals surface area (Å²) in [6.07, 6.45) is 1.84. The topological polar surface area (TPSA) is 34.1 Å². The second-order valence-electron chi connectivity index (χ2n) is 4.30. The van der Waals surface area contributed by atoms with Crippen LogP contribution in [-0.4, -0.2) is 11.5 Å². The van der Waals surface area contributed by atoms with Crippen LogP contribution in [0.1, 0.15) is 18.1 Å². The first-order chi connectivity index (χ1) is 9.19. The third-order valence-corrected chi connectivity index (χ3v) is 3.23. The van der Waals surface area contributed by atoms with Crippen molar-refractivity contribution < 1.29 is 4.74 Å². The van der Waals surface area contributed by atoms with Gasteiger partial charge in [-0.05, 0) is 36.7 Å². The SMILES string of the molecule is CCNCc1ccc(Oc2cc(Br)ccc2C)nc1. The minimum atomic E-state index is 0.612. The van der Waals surface area contributed by atoms with E-state index in [1.807, 2.05) is 43.5 Å². The molecule has 0 aliphatic heterocycles. The van der Waals surface area contributed by atoms with Gasteiger partial charge in [-0.2, -0.15) is 0 Å². The highest BCUT2D eigenvalue weighted by atomic mass is 79.9. The Kier molecular flexibility index (Phi) is 4.93. The van der Waals surface area contributed by atoms with E-state index in [1.54, 1.807) is 0 Å². The van der Waals surface area contributed by atoms with Crippen LogP contribution in [0.5, 0.6) is 11.6 Å². The molecule has 0 amide bonds. The van der Waals surface area contributed by atoms with Gasteiger partial charge in [-0.25, -0.2) is 4.98 Å². The molecule has 0 bridgehead atoms. The van der Waals surface area contributed by atoms with Crippen molar-refractivity contribution in [1.29, 1.82) is 0 Å². The second kappa shape index (κ2) is 6.68. The first-order valence-electron chi connectivity index (χ1n) is 6.28. The van der Waals surface area contributed by atoms with Gasteiger partial charge in [-0.15, -0.1) is 0 Å². The highest BCUT2D eigenvalue weighted by Gasteiger charge is 2.03. The average Bonchev–Trinajstić information content (AvgIpc) is 2.42. The Balaban J connectivity index is 2.08. The minimum Gasteiger partial charge on any atom is -0.439 e. The van der Waals surface area contributed by atoms with Crippen LogP contribution in [0.3, 0.4) is 0 Å². The molecular formula is C15H17BrN2O. The molecule has 1 heterocycles. The maximum absolute atomic E-state index is 5.79. The summed E-state index contributed by atoms with van der Waals surface area (Å²) in [5, 5.41) is 3.26. The van der Waals surface area contributed by atoms with E-state index in [-0.39, 0.29) is 0 Å². The van der Waals surface area contributed by atoms with Crippen LogP contribution in [-0.2, 0) is 6.54 Å². The minimum absolute atomic E-state index is 0.612. The van der Waals surface area contributed by atoms with E-state index < -0.39 is 0 Å². The number of halogens is 1. The van der Waals surface area contributed by atoms with E-state index in [0.717, 1.165) is 34.4 Å². The Morgan fingerprint density at radius 2 is 2.11 bits per heavy atom. The van der Waals surface area contributed by atoms with Crippen LogP contribution in [0.15, 0.2) is 41.0 Å². The zero-order valence-electron chi connectivity index (χ0n) is 11.1. The van der Waals surface area contributed by atoms with Gasteiger partial charge < -0.3 is 10.1 Å². The van der Waals surface area contributed by atoms with E-state index >= 15 is 0 Å². The third kappa shape index (κ3) is 4.04. The standard InChI is InChI=1S/C15H17BrN2O/c1-3-17-9-12-5-7-15(18-10-12)19-14-8-13(16)6-4-11(14)2/h4-8,10,17H,3,9H2,1-2H3. The number of hydrogen-bond donors (Lipinski definition) is 1. The van der Waals surface area contributed by atoms with E-state index in [0.29, 0.717) is 5.88 Å². The van der Waals surface area contributed by atoms with Gasteiger partial charge in [0.1, 0.15) is 5.75 Å². The molecule has 0 fully saturated rings. The Hall–Kier alpha value is -1.39. The fraction of sp³-hybridized carbons (Fsp3) is 0.267. The van der Waals surface area contributed by atoms with Gasteiger partial charge >= 0.3 is 0 Å². The quantitative estimate of drug-likeness (QED) is 0.902. The lowest BCUT2D eigenvalue weighted by Gasteiger charge is -2.09. The molecule has 4 heteroatoms. The van der Waals surface area contributed by atoms with Crippen LogP contribution in [0.4, 0.5) is 0 Å². The van der Waals surface area contributed by atoms with Crippen LogP contribution in [0.2, 0.25) is 0 Å². The van der Waals surface area contributed by atoms with Crippen LogP contribution < -0.4 is 10.1 Å². The molecule has 1 aromatic heterocycles. The van der Waals surface area contributed by atoms with Crippen molar-refractivity contribution >= 4 is 15.9 Å². The summed E-state index contributed by atoms with van der Waals surface area (Å²) < 4.78 is 6.79. The third-order valence-electron chi connectivity index (χ3n) is 2.74. The fourth-order valence-corrected chi connectivity index (χ4v) is 1.98. The highest BCUT2D eigenvalue weighted by Crippen LogP contribution is 2.27. The molecule has 0 aliphatic rings. The fourth-order valence-electron chi connectivity index (χ4n) is 1.64. The van der Waals surface area contributed by atoms with Gasteiger partial charge in [0.15, 0.2) is 0 Å². The monoisotopic (exact) mass is 320 g/mol.